The van der Waals surface area contributed by atoms with Gasteiger partial charge in [-0.3, -0.25) is 4.90 Å². The van der Waals surface area contributed by atoms with Crippen molar-refractivity contribution in [3.8, 4) is 0 Å². The van der Waals surface area contributed by atoms with Crippen molar-refractivity contribution in [2.45, 2.75) is 26.3 Å². The normalized spacial score (nSPS) is 32.8. The molecule has 1 aliphatic heterocycles. The third-order valence-electron chi connectivity index (χ3n) is 3.37. The summed E-state index contributed by atoms with van der Waals surface area (Å²) in [4.78, 5) is 2.48. The Balaban J connectivity index is 2.49. The fraction of sp³-hybridized carbons (Fsp3) is 0.818. The molecule has 0 saturated carbocycles. The number of likely N-dealkylation sites (tertiary alicyclic amines) is 1. The van der Waals surface area contributed by atoms with Gasteiger partial charge in [-0.25, -0.2) is 0 Å². The molecular weight excluding hydrogens is 160 g/mol. The zero-order valence-electron chi connectivity index (χ0n) is 8.87. The summed E-state index contributed by atoms with van der Waals surface area (Å²) in [5, 5.41) is 0. The SMILES string of the molecule is C=CC(C)N1CCC(C)C(CN)C1. The molecule has 76 valence electrons. The van der Waals surface area contributed by atoms with Gasteiger partial charge < -0.3 is 5.73 Å². The summed E-state index contributed by atoms with van der Waals surface area (Å²) >= 11 is 0. The number of piperidine rings is 1. The number of rotatable bonds is 3. The molecule has 0 aromatic heterocycles. The van der Waals surface area contributed by atoms with E-state index < -0.39 is 0 Å². The van der Waals surface area contributed by atoms with Gasteiger partial charge in [0.25, 0.3) is 0 Å². The van der Waals surface area contributed by atoms with E-state index >= 15 is 0 Å². The Hall–Kier alpha value is -0.340. The second kappa shape index (κ2) is 4.77. The molecule has 0 aromatic carbocycles. The molecular formula is C11H22N2. The first-order chi connectivity index (χ1) is 6.19. The number of nitrogens with two attached hydrogens (primary N) is 1. The average Bonchev–Trinajstić information content (AvgIpc) is 2.17. The summed E-state index contributed by atoms with van der Waals surface area (Å²) in [5.41, 5.74) is 5.74. The van der Waals surface area contributed by atoms with Gasteiger partial charge in [0.05, 0.1) is 0 Å². The third-order valence-corrected chi connectivity index (χ3v) is 3.37. The van der Waals surface area contributed by atoms with E-state index in [1.165, 1.54) is 13.0 Å². The molecule has 1 saturated heterocycles. The van der Waals surface area contributed by atoms with Crippen molar-refractivity contribution in [3.05, 3.63) is 12.7 Å². The average molecular weight is 182 g/mol. The van der Waals surface area contributed by atoms with Crippen LogP contribution in [0.1, 0.15) is 20.3 Å². The van der Waals surface area contributed by atoms with Gasteiger partial charge in [0, 0.05) is 12.6 Å². The summed E-state index contributed by atoms with van der Waals surface area (Å²) in [7, 11) is 0. The van der Waals surface area contributed by atoms with E-state index in [0.717, 1.165) is 19.0 Å². The molecule has 0 aromatic rings. The lowest BCUT2D eigenvalue weighted by molar-refractivity contribution is 0.115. The molecule has 1 aliphatic rings. The molecule has 0 aliphatic carbocycles. The first-order valence-electron chi connectivity index (χ1n) is 5.25. The Bertz CT molecular complexity index is 167. The van der Waals surface area contributed by atoms with Crippen LogP contribution in [0.4, 0.5) is 0 Å². The monoisotopic (exact) mass is 182 g/mol. The van der Waals surface area contributed by atoms with Gasteiger partial charge in [0.2, 0.25) is 0 Å². The third kappa shape index (κ3) is 2.55. The van der Waals surface area contributed by atoms with Crippen molar-refractivity contribution in [1.29, 1.82) is 0 Å². The highest BCUT2D eigenvalue weighted by atomic mass is 15.2. The molecule has 1 rings (SSSR count). The summed E-state index contributed by atoms with van der Waals surface area (Å²) in [6.07, 6.45) is 3.30. The zero-order chi connectivity index (χ0) is 9.84. The summed E-state index contributed by atoms with van der Waals surface area (Å²) < 4.78 is 0. The van der Waals surface area contributed by atoms with Crippen LogP contribution in [-0.2, 0) is 0 Å². The van der Waals surface area contributed by atoms with Gasteiger partial charge in [-0.05, 0) is 38.3 Å². The van der Waals surface area contributed by atoms with Gasteiger partial charge in [0.1, 0.15) is 0 Å². The van der Waals surface area contributed by atoms with E-state index in [1.807, 2.05) is 6.08 Å². The summed E-state index contributed by atoms with van der Waals surface area (Å²) in [5.74, 6) is 1.47. The van der Waals surface area contributed by atoms with Crippen molar-refractivity contribution in [2.75, 3.05) is 19.6 Å². The predicted molar refractivity (Wildman–Crippen MR) is 57.6 cm³/mol. The van der Waals surface area contributed by atoms with Crippen LogP contribution < -0.4 is 5.73 Å². The van der Waals surface area contributed by atoms with Crippen LogP contribution >= 0.6 is 0 Å². The number of hydrogen-bond acceptors (Lipinski definition) is 2. The van der Waals surface area contributed by atoms with Gasteiger partial charge in [-0.2, -0.15) is 0 Å². The molecule has 2 heteroatoms. The minimum Gasteiger partial charge on any atom is -0.330 e. The Kier molecular flexibility index (Phi) is 3.94. The Morgan fingerprint density at radius 3 is 2.92 bits per heavy atom. The highest BCUT2D eigenvalue weighted by Crippen LogP contribution is 2.23. The van der Waals surface area contributed by atoms with Crippen molar-refractivity contribution in [2.24, 2.45) is 17.6 Å². The molecule has 0 bridgehead atoms. The van der Waals surface area contributed by atoms with Gasteiger partial charge in [-0.15, -0.1) is 6.58 Å². The minimum absolute atomic E-state index is 0.501. The van der Waals surface area contributed by atoms with Crippen LogP contribution in [-0.4, -0.2) is 30.6 Å². The predicted octanol–water partition coefficient (Wildman–Crippen LogP) is 1.48. The number of hydrogen-bond donors (Lipinski definition) is 1. The quantitative estimate of drug-likeness (QED) is 0.670. The minimum atomic E-state index is 0.501. The summed E-state index contributed by atoms with van der Waals surface area (Å²) in [6, 6.07) is 0.501. The molecule has 0 amide bonds. The van der Waals surface area contributed by atoms with Crippen molar-refractivity contribution in [1.82, 2.24) is 4.90 Å². The Morgan fingerprint density at radius 1 is 1.69 bits per heavy atom. The van der Waals surface area contributed by atoms with E-state index in [-0.39, 0.29) is 0 Å². The lowest BCUT2D eigenvalue weighted by Crippen LogP contribution is -2.45. The first kappa shape index (κ1) is 10.7. The topological polar surface area (TPSA) is 29.3 Å². The zero-order valence-corrected chi connectivity index (χ0v) is 8.87. The van der Waals surface area contributed by atoms with Crippen LogP contribution in [0.3, 0.4) is 0 Å². The van der Waals surface area contributed by atoms with Crippen LogP contribution in [0.2, 0.25) is 0 Å². The van der Waals surface area contributed by atoms with Crippen molar-refractivity contribution in [3.63, 3.8) is 0 Å². The van der Waals surface area contributed by atoms with Gasteiger partial charge in [-0.1, -0.05) is 13.0 Å². The van der Waals surface area contributed by atoms with E-state index in [0.29, 0.717) is 12.0 Å². The Labute approximate surface area is 81.8 Å². The largest absolute Gasteiger partial charge is 0.330 e. The van der Waals surface area contributed by atoms with E-state index in [2.05, 4.69) is 25.3 Å². The first-order valence-corrected chi connectivity index (χ1v) is 5.25. The summed E-state index contributed by atoms with van der Waals surface area (Å²) in [6.45, 7) is 11.5. The Morgan fingerprint density at radius 2 is 2.38 bits per heavy atom. The number of nitrogens with zero attached hydrogens (tertiary/aromatic N) is 1. The van der Waals surface area contributed by atoms with Crippen molar-refractivity contribution >= 4 is 0 Å². The van der Waals surface area contributed by atoms with Crippen molar-refractivity contribution < 1.29 is 0 Å². The fourth-order valence-corrected chi connectivity index (χ4v) is 2.00. The second-order valence-corrected chi connectivity index (χ2v) is 4.23. The van der Waals surface area contributed by atoms with E-state index in [4.69, 9.17) is 5.73 Å². The maximum Gasteiger partial charge on any atom is 0.0247 e. The molecule has 0 spiro atoms. The van der Waals surface area contributed by atoms with Crippen LogP contribution in [0.15, 0.2) is 12.7 Å². The maximum atomic E-state index is 5.74. The fourth-order valence-electron chi connectivity index (χ4n) is 2.00. The van der Waals surface area contributed by atoms with Gasteiger partial charge in [0.15, 0.2) is 0 Å². The van der Waals surface area contributed by atoms with Crippen LogP contribution in [0.25, 0.3) is 0 Å². The molecule has 2 N–H and O–H groups in total. The van der Waals surface area contributed by atoms with E-state index in [9.17, 15) is 0 Å². The van der Waals surface area contributed by atoms with Gasteiger partial charge >= 0.3 is 0 Å². The van der Waals surface area contributed by atoms with Crippen LogP contribution in [0, 0.1) is 11.8 Å². The highest BCUT2D eigenvalue weighted by molar-refractivity contribution is 4.88. The smallest absolute Gasteiger partial charge is 0.0247 e. The lowest BCUT2D eigenvalue weighted by atomic mass is 9.86. The lowest BCUT2D eigenvalue weighted by Gasteiger charge is -2.38. The molecule has 3 unspecified atom stereocenters. The molecule has 13 heavy (non-hydrogen) atoms. The maximum absolute atomic E-state index is 5.74. The molecule has 1 fully saturated rings. The molecule has 1 heterocycles. The molecule has 3 atom stereocenters. The van der Waals surface area contributed by atoms with E-state index in [1.54, 1.807) is 0 Å². The molecule has 0 radical (unpaired) electrons. The molecule has 2 nitrogen and oxygen atoms in total. The second-order valence-electron chi connectivity index (χ2n) is 4.23. The standard InChI is InChI=1S/C11H22N2/c1-4-10(3)13-6-5-9(2)11(7-12)8-13/h4,9-11H,1,5-8,12H2,2-3H3. The van der Waals surface area contributed by atoms with Crippen LogP contribution in [0.5, 0.6) is 0 Å². The highest BCUT2D eigenvalue weighted by Gasteiger charge is 2.26.